The van der Waals surface area contributed by atoms with Crippen molar-refractivity contribution in [1.82, 2.24) is 15.3 Å². The third kappa shape index (κ3) is 1.95. The van der Waals surface area contributed by atoms with Crippen LogP contribution in [0.15, 0.2) is 12.3 Å². The van der Waals surface area contributed by atoms with Crippen LogP contribution in [0.2, 0.25) is 0 Å². The summed E-state index contributed by atoms with van der Waals surface area (Å²) < 4.78 is 0. The largest absolute Gasteiger partial charge is 0.368 e. The van der Waals surface area contributed by atoms with Crippen LogP contribution in [0.5, 0.6) is 0 Å². The molecule has 1 aliphatic rings. The van der Waals surface area contributed by atoms with E-state index < -0.39 is 0 Å². The Labute approximate surface area is 77.6 Å². The van der Waals surface area contributed by atoms with Crippen molar-refractivity contribution >= 4 is 5.95 Å². The molecule has 13 heavy (non-hydrogen) atoms. The molecular formula is C9H14N4. The Kier molecular flexibility index (Phi) is 2.40. The van der Waals surface area contributed by atoms with Gasteiger partial charge in [-0.05, 0) is 25.5 Å². The summed E-state index contributed by atoms with van der Waals surface area (Å²) in [4.78, 5) is 8.07. The van der Waals surface area contributed by atoms with E-state index in [1.165, 1.54) is 12.8 Å². The maximum atomic E-state index is 5.52. The predicted molar refractivity (Wildman–Crippen MR) is 51.0 cm³/mol. The van der Waals surface area contributed by atoms with E-state index in [1.54, 1.807) is 6.20 Å². The van der Waals surface area contributed by atoms with Gasteiger partial charge in [0.25, 0.3) is 0 Å². The van der Waals surface area contributed by atoms with Gasteiger partial charge in [-0.3, -0.25) is 0 Å². The fourth-order valence-corrected chi connectivity index (χ4v) is 1.69. The smallest absolute Gasteiger partial charge is 0.220 e. The molecule has 0 saturated carbocycles. The van der Waals surface area contributed by atoms with E-state index in [1.807, 2.05) is 6.07 Å². The molecule has 1 saturated heterocycles. The molecule has 2 heterocycles. The van der Waals surface area contributed by atoms with Crippen molar-refractivity contribution in [3.63, 3.8) is 0 Å². The average molecular weight is 178 g/mol. The summed E-state index contributed by atoms with van der Waals surface area (Å²) in [5.74, 6) is 0.366. The van der Waals surface area contributed by atoms with Gasteiger partial charge in [-0.25, -0.2) is 9.97 Å². The Morgan fingerprint density at radius 3 is 3.08 bits per heavy atom. The quantitative estimate of drug-likeness (QED) is 0.670. The van der Waals surface area contributed by atoms with Gasteiger partial charge in [0.15, 0.2) is 0 Å². The number of hydrogen-bond acceptors (Lipinski definition) is 4. The highest BCUT2D eigenvalue weighted by molar-refractivity contribution is 5.19. The molecule has 0 radical (unpaired) electrons. The lowest BCUT2D eigenvalue weighted by Gasteiger charge is -2.22. The van der Waals surface area contributed by atoms with E-state index in [-0.39, 0.29) is 0 Å². The van der Waals surface area contributed by atoms with Crippen molar-refractivity contribution in [2.75, 3.05) is 12.3 Å². The number of hydrogen-bond donors (Lipinski definition) is 2. The minimum absolute atomic E-state index is 0.366. The van der Waals surface area contributed by atoms with Crippen molar-refractivity contribution in [2.45, 2.75) is 25.3 Å². The van der Waals surface area contributed by atoms with Crippen molar-refractivity contribution in [1.29, 1.82) is 0 Å². The van der Waals surface area contributed by atoms with E-state index in [0.717, 1.165) is 18.7 Å². The van der Waals surface area contributed by atoms with E-state index >= 15 is 0 Å². The summed E-state index contributed by atoms with van der Waals surface area (Å²) in [5, 5.41) is 3.42. The molecule has 0 aromatic carbocycles. The second-order valence-electron chi connectivity index (χ2n) is 3.34. The molecule has 2 rings (SSSR count). The van der Waals surface area contributed by atoms with E-state index in [2.05, 4.69) is 15.3 Å². The maximum Gasteiger partial charge on any atom is 0.220 e. The summed E-state index contributed by atoms with van der Waals surface area (Å²) in [7, 11) is 0. The van der Waals surface area contributed by atoms with Crippen molar-refractivity contribution in [3.8, 4) is 0 Å². The van der Waals surface area contributed by atoms with Crippen LogP contribution in [-0.4, -0.2) is 16.5 Å². The van der Waals surface area contributed by atoms with Crippen LogP contribution in [0.25, 0.3) is 0 Å². The number of anilines is 1. The fraction of sp³-hybridized carbons (Fsp3) is 0.556. The van der Waals surface area contributed by atoms with Gasteiger partial charge in [-0.1, -0.05) is 6.42 Å². The van der Waals surface area contributed by atoms with Gasteiger partial charge in [0.1, 0.15) is 0 Å². The first-order chi connectivity index (χ1) is 6.36. The SMILES string of the molecule is Nc1nccc(C2CCCCN2)n1. The zero-order chi connectivity index (χ0) is 9.10. The summed E-state index contributed by atoms with van der Waals surface area (Å²) in [6.07, 6.45) is 5.39. The predicted octanol–water partition coefficient (Wildman–Crippen LogP) is 0.873. The number of nitrogens with zero attached hydrogens (tertiary/aromatic N) is 2. The molecule has 1 fully saturated rings. The Morgan fingerprint density at radius 2 is 2.38 bits per heavy atom. The van der Waals surface area contributed by atoms with Crippen molar-refractivity contribution < 1.29 is 0 Å². The van der Waals surface area contributed by atoms with Gasteiger partial charge >= 0.3 is 0 Å². The number of nitrogen functional groups attached to an aromatic ring is 1. The van der Waals surface area contributed by atoms with Gasteiger partial charge in [0, 0.05) is 12.2 Å². The van der Waals surface area contributed by atoms with Crippen molar-refractivity contribution in [2.24, 2.45) is 0 Å². The Morgan fingerprint density at radius 1 is 1.46 bits per heavy atom. The van der Waals surface area contributed by atoms with E-state index in [0.29, 0.717) is 12.0 Å². The van der Waals surface area contributed by atoms with Crippen LogP contribution >= 0.6 is 0 Å². The van der Waals surface area contributed by atoms with Crippen LogP contribution in [0, 0.1) is 0 Å². The number of rotatable bonds is 1. The molecule has 4 nitrogen and oxygen atoms in total. The highest BCUT2D eigenvalue weighted by Gasteiger charge is 2.15. The lowest BCUT2D eigenvalue weighted by molar-refractivity contribution is 0.405. The fourth-order valence-electron chi connectivity index (χ4n) is 1.69. The molecule has 0 amide bonds. The molecule has 1 aliphatic heterocycles. The van der Waals surface area contributed by atoms with Gasteiger partial charge in [0.2, 0.25) is 5.95 Å². The second-order valence-corrected chi connectivity index (χ2v) is 3.34. The molecule has 4 heteroatoms. The van der Waals surface area contributed by atoms with Crippen LogP contribution < -0.4 is 11.1 Å². The monoisotopic (exact) mass is 178 g/mol. The number of nitrogens with two attached hydrogens (primary N) is 1. The maximum absolute atomic E-state index is 5.52. The molecule has 0 aliphatic carbocycles. The Hall–Kier alpha value is -1.16. The lowest BCUT2D eigenvalue weighted by Crippen LogP contribution is -2.27. The summed E-state index contributed by atoms with van der Waals surface area (Å²) in [6, 6.07) is 2.30. The Bertz CT molecular complexity index is 281. The first kappa shape index (κ1) is 8.44. The lowest BCUT2D eigenvalue weighted by atomic mass is 10.0. The number of nitrogens with one attached hydrogen (secondary N) is 1. The van der Waals surface area contributed by atoms with E-state index in [4.69, 9.17) is 5.73 Å². The minimum atomic E-state index is 0.366. The zero-order valence-electron chi connectivity index (χ0n) is 7.53. The minimum Gasteiger partial charge on any atom is -0.368 e. The van der Waals surface area contributed by atoms with E-state index in [9.17, 15) is 0 Å². The first-order valence-electron chi connectivity index (χ1n) is 4.68. The molecule has 1 aromatic heterocycles. The zero-order valence-corrected chi connectivity index (χ0v) is 7.53. The highest BCUT2D eigenvalue weighted by Crippen LogP contribution is 2.20. The average Bonchev–Trinajstić information content (AvgIpc) is 2.19. The van der Waals surface area contributed by atoms with Crippen molar-refractivity contribution in [3.05, 3.63) is 18.0 Å². The molecule has 0 bridgehead atoms. The van der Waals surface area contributed by atoms with Crippen LogP contribution in [-0.2, 0) is 0 Å². The standard InChI is InChI=1S/C9H14N4/c10-9-12-6-4-8(13-9)7-3-1-2-5-11-7/h4,6-7,11H,1-3,5H2,(H2,10,12,13). The molecule has 1 aromatic rings. The van der Waals surface area contributed by atoms with Gasteiger partial charge in [-0.15, -0.1) is 0 Å². The summed E-state index contributed by atoms with van der Waals surface area (Å²) in [5.41, 5.74) is 6.54. The first-order valence-corrected chi connectivity index (χ1v) is 4.68. The molecular weight excluding hydrogens is 164 g/mol. The van der Waals surface area contributed by atoms with Gasteiger partial charge in [-0.2, -0.15) is 0 Å². The molecule has 70 valence electrons. The topological polar surface area (TPSA) is 63.8 Å². The summed E-state index contributed by atoms with van der Waals surface area (Å²) >= 11 is 0. The number of aromatic nitrogens is 2. The van der Waals surface area contributed by atoms with Crippen LogP contribution in [0.1, 0.15) is 31.0 Å². The molecule has 0 spiro atoms. The van der Waals surface area contributed by atoms with Gasteiger partial charge < -0.3 is 11.1 Å². The highest BCUT2D eigenvalue weighted by atomic mass is 15.0. The Balaban J connectivity index is 2.14. The summed E-state index contributed by atoms with van der Waals surface area (Å²) in [6.45, 7) is 1.08. The number of piperidine rings is 1. The third-order valence-corrected chi connectivity index (χ3v) is 2.36. The van der Waals surface area contributed by atoms with Crippen LogP contribution in [0.3, 0.4) is 0 Å². The second kappa shape index (κ2) is 3.70. The molecule has 3 N–H and O–H groups in total. The van der Waals surface area contributed by atoms with Crippen LogP contribution in [0.4, 0.5) is 5.95 Å². The molecule has 1 atom stereocenters. The van der Waals surface area contributed by atoms with Gasteiger partial charge in [0.05, 0.1) is 5.69 Å². The third-order valence-electron chi connectivity index (χ3n) is 2.36. The normalized spacial score (nSPS) is 22.9. The molecule has 1 unspecified atom stereocenters.